The molecule has 0 aromatic heterocycles. The first-order chi connectivity index (χ1) is 12.1. The van der Waals surface area contributed by atoms with Gasteiger partial charge in [0.1, 0.15) is 6.61 Å². The summed E-state index contributed by atoms with van der Waals surface area (Å²) in [4.78, 5) is 25.0. The second-order valence-electron chi connectivity index (χ2n) is 5.50. The lowest BCUT2D eigenvalue weighted by molar-refractivity contribution is 0.0827. The van der Waals surface area contributed by atoms with E-state index < -0.39 is 6.09 Å². The summed E-state index contributed by atoms with van der Waals surface area (Å²) in [6.07, 6.45) is -0.519. The molecule has 5 heteroatoms. The predicted octanol–water partition coefficient (Wildman–Crippen LogP) is 2.67. The highest BCUT2D eigenvalue weighted by Crippen LogP contribution is 2.06. The number of nitrogens with zero attached hydrogens (tertiary/aromatic N) is 1. The number of alkyl carbamates (subject to hydrolysis) is 1. The molecule has 2 rings (SSSR count). The molecule has 0 saturated heterocycles. The van der Waals surface area contributed by atoms with E-state index in [9.17, 15) is 9.59 Å². The monoisotopic (exact) mass is 336 g/mol. The molecule has 5 nitrogen and oxygen atoms in total. The lowest BCUT2D eigenvalue weighted by atomic mass is 10.1. The van der Waals surface area contributed by atoms with E-state index in [4.69, 9.17) is 4.74 Å². The Balaban J connectivity index is 1.81. The van der Waals surface area contributed by atoms with Crippen LogP contribution in [0.4, 0.5) is 4.79 Å². The fourth-order valence-corrected chi connectivity index (χ4v) is 2.02. The SMILES string of the molecule is CN(C)C(=O)c1cccc(C#CCNC(=O)OCc2ccccc2)c1. The van der Waals surface area contributed by atoms with E-state index in [0.29, 0.717) is 11.1 Å². The van der Waals surface area contributed by atoms with Crippen molar-refractivity contribution in [1.82, 2.24) is 10.2 Å². The minimum absolute atomic E-state index is 0.0775. The molecule has 0 radical (unpaired) electrons. The highest BCUT2D eigenvalue weighted by Gasteiger charge is 2.07. The van der Waals surface area contributed by atoms with Gasteiger partial charge in [0.25, 0.3) is 5.91 Å². The fourth-order valence-electron chi connectivity index (χ4n) is 2.02. The second kappa shape index (κ2) is 9.14. The van der Waals surface area contributed by atoms with Crippen molar-refractivity contribution in [3.05, 3.63) is 71.3 Å². The number of carbonyl (C=O) groups is 2. The molecule has 0 aliphatic rings. The van der Waals surface area contributed by atoms with Gasteiger partial charge in [-0.3, -0.25) is 4.79 Å². The summed E-state index contributed by atoms with van der Waals surface area (Å²) in [5.41, 5.74) is 2.21. The molecule has 0 saturated carbocycles. The van der Waals surface area contributed by atoms with Crippen LogP contribution in [0.2, 0.25) is 0 Å². The topological polar surface area (TPSA) is 58.6 Å². The van der Waals surface area contributed by atoms with E-state index in [2.05, 4.69) is 17.2 Å². The molecule has 0 unspecified atom stereocenters. The Hall–Kier alpha value is -3.26. The molecule has 2 aromatic rings. The number of rotatable bonds is 4. The third-order valence-corrected chi connectivity index (χ3v) is 3.28. The van der Waals surface area contributed by atoms with Gasteiger partial charge in [-0.1, -0.05) is 48.2 Å². The van der Waals surface area contributed by atoms with Gasteiger partial charge in [-0.25, -0.2) is 4.79 Å². The molecule has 0 atom stereocenters. The molecule has 1 N–H and O–H groups in total. The summed E-state index contributed by atoms with van der Waals surface area (Å²) in [5, 5.41) is 2.57. The van der Waals surface area contributed by atoms with Gasteiger partial charge in [0.2, 0.25) is 0 Å². The Morgan fingerprint density at radius 2 is 1.84 bits per heavy atom. The summed E-state index contributed by atoms with van der Waals surface area (Å²) in [5.74, 6) is 5.68. The van der Waals surface area contributed by atoms with E-state index >= 15 is 0 Å². The minimum Gasteiger partial charge on any atom is -0.445 e. The van der Waals surface area contributed by atoms with Crippen molar-refractivity contribution in [3.63, 3.8) is 0 Å². The third kappa shape index (κ3) is 6.04. The van der Waals surface area contributed by atoms with Crippen LogP contribution in [0.1, 0.15) is 21.5 Å². The number of nitrogens with one attached hydrogen (secondary N) is 1. The fraction of sp³-hybridized carbons (Fsp3) is 0.200. The van der Waals surface area contributed by atoms with E-state index in [1.807, 2.05) is 36.4 Å². The number of amides is 2. The van der Waals surface area contributed by atoms with Crippen LogP contribution < -0.4 is 5.32 Å². The zero-order valence-electron chi connectivity index (χ0n) is 14.3. The van der Waals surface area contributed by atoms with Crippen LogP contribution in [0.5, 0.6) is 0 Å². The quantitative estimate of drug-likeness (QED) is 0.873. The van der Waals surface area contributed by atoms with Gasteiger partial charge < -0.3 is 15.0 Å². The normalized spacial score (nSPS) is 9.52. The van der Waals surface area contributed by atoms with Crippen molar-refractivity contribution < 1.29 is 14.3 Å². The highest BCUT2D eigenvalue weighted by atomic mass is 16.5. The Bertz CT molecular complexity index is 789. The van der Waals surface area contributed by atoms with Crippen molar-refractivity contribution in [2.75, 3.05) is 20.6 Å². The molecular weight excluding hydrogens is 316 g/mol. The Kier molecular flexibility index (Phi) is 6.61. The van der Waals surface area contributed by atoms with E-state index in [1.165, 1.54) is 4.90 Å². The summed E-state index contributed by atoms with van der Waals surface area (Å²) < 4.78 is 5.09. The Morgan fingerprint density at radius 3 is 2.56 bits per heavy atom. The second-order valence-corrected chi connectivity index (χ2v) is 5.50. The third-order valence-electron chi connectivity index (χ3n) is 3.28. The van der Waals surface area contributed by atoms with Gasteiger partial charge in [-0.2, -0.15) is 0 Å². The first kappa shape index (κ1) is 18.1. The maximum atomic E-state index is 11.9. The lowest BCUT2D eigenvalue weighted by Gasteiger charge is -2.09. The molecule has 0 aliphatic heterocycles. The first-order valence-corrected chi connectivity index (χ1v) is 7.81. The first-order valence-electron chi connectivity index (χ1n) is 7.81. The van der Waals surface area contributed by atoms with Crippen LogP contribution >= 0.6 is 0 Å². The summed E-state index contributed by atoms with van der Waals surface area (Å²) in [6.45, 7) is 0.383. The Morgan fingerprint density at radius 1 is 1.08 bits per heavy atom. The van der Waals surface area contributed by atoms with Crippen molar-refractivity contribution >= 4 is 12.0 Å². The summed E-state index contributed by atoms with van der Waals surface area (Å²) in [7, 11) is 3.40. The van der Waals surface area contributed by atoms with E-state index in [1.54, 1.807) is 32.3 Å². The number of hydrogen-bond donors (Lipinski definition) is 1. The van der Waals surface area contributed by atoms with Gasteiger partial charge in [0.15, 0.2) is 0 Å². The maximum Gasteiger partial charge on any atom is 0.408 e. The maximum absolute atomic E-state index is 11.9. The molecular formula is C20H20N2O3. The van der Waals surface area contributed by atoms with Gasteiger partial charge >= 0.3 is 6.09 Å². The van der Waals surface area contributed by atoms with Crippen LogP contribution in [0, 0.1) is 11.8 Å². The highest BCUT2D eigenvalue weighted by molar-refractivity contribution is 5.94. The van der Waals surface area contributed by atoms with Crippen molar-refractivity contribution in [1.29, 1.82) is 0 Å². The summed E-state index contributed by atoms with van der Waals surface area (Å²) in [6, 6.07) is 16.5. The van der Waals surface area contributed by atoms with Crippen LogP contribution in [0.15, 0.2) is 54.6 Å². The molecule has 0 aliphatic carbocycles. The number of ether oxygens (including phenoxy) is 1. The molecule has 0 fully saturated rings. The van der Waals surface area contributed by atoms with Crippen LogP contribution in [0.25, 0.3) is 0 Å². The minimum atomic E-state index is -0.519. The molecule has 0 bridgehead atoms. The van der Waals surface area contributed by atoms with Crippen molar-refractivity contribution in [2.45, 2.75) is 6.61 Å². The Labute approximate surface area is 147 Å². The largest absolute Gasteiger partial charge is 0.445 e. The average molecular weight is 336 g/mol. The smallest absolute Gasteiger partial charge is 0.408 e. The van der Waals surface area contributed by atoms with Gasteiger partial charge in [0.05, 0.1) is 6.54 Å². The molecule has 128 valence electrons. The van der Waals surface area contributed by atoms with Crippen molar-refractivity contribution in [3.8, 4) is 11.8 Å². The van der Waals surface area contributed by atoms with Crippen LogP contribution in [-0.2, 0) is 11.3 Å². The van der Waals surface area contributed by atoms with Gasteiger partial charge in [0, 0.05) is 25.2 Å². The zero-order chi connectivity index (χ0) is 18.1. The van der Waals surface area contributed by atoms with Crippen molar-refractivity contribution in [2.24, 2.45) is 0 Å². The number of benzene rings is 2. The van der Waals surface area contributed by atoms with E-state index in [-0.39, 0.29) is 19.1 Å². The lowest BCUT2D eigenvalue weighted by Crippen LogP contribution is -2.24. The molecule has 25 heavy (non-hydrogen) atoms. The number of hydrogen-bond acceptors (Lipinski definition) is 3. The molecule has 0 heterocycles. The summed E-state index contributed by atoms with van der Waals surface area (Å²) >= 11 is 0. The van der Waals surface area contributed by atoms with Crippen LogP contribution in [-0.4, -0.2) is 37.5 Å². The molecule has 2 amide bonds. The van der Waals surface area contributed by atoms with Crippen LogP contribution in [0.3, 0.4) is 0 Å². The van der Waals surface area contributed by atoms with E-state index in [0.717, 1.165) is 5.56 Å². The predicted molar refractivity (Wildman–Crippen MR) is 96.0 cm³/mol. The van der Waals surface area contributed by atoms with Gasteiger partial charge in [-0.15, -0.1) is 0 Å². The average Bonchev–Trinajstić information content (AvgIpc) is 2.64. The standard InChI is InChI=1S/C20H20N2O3/c1-22(2)19(23)18-12-6-10-16(14-18)11-7-13-21-20(24)25-15-17-8-4-3-5-9-17/h3-6,8-10,12,14H,13,15H2,1-2H3,(H,21,24). The molecule has 2 aromatic carbocycles. The van der Waals surface area contributed by atoms with Gasteiger partial charge in [-0.05, 0) is 23.8 Å². The molecule has 0 spiro atoms. The number of carbonyl (C=O) groups excluding carboxylic acids is 2. The zero-order valence-corrected chi connectivity index (χ0v) is 14.3.